The molecular formula is C17H16BrF4N3. The summed E-state index contributed by atoms with van der Waals surface area (Å²) in [4.78, 5) is 6.41. The van der Waals surface area contributed by atoms with Crippen LogP contribution in [-0.2, 0) is 12.7 Å². The van der Waals surface area contributed by atoms with Crippen LogP contribution in [0.25, 0.3) is 0 Å². The molecule has 8 heteroatoms. The van der Waals surface area contributed by atoms with Gasteiger partial charge < -0.3 is 10.2 Å². The van der Waals surface area contributed by atoms with Crippen molar-refractivity contribution in [2.24, 2.45) is 0 Å². The Kier molecular flexibility index (Phi) is 5.29. The smallest absolute Gasteiger partial charge is 0.355 e. The van der Waals surface area contributed by atoms with Crippen molar-refractivity contribution in [3.63, 3.8) is 0 Å². The first-order valence-electron chi connectivity index (χ1n) is 7.78. The SMILES string of the molecule is Fc1ccc(CN[C@H]2CCN(c3ccc(Br)cn3)C2)c(C(F)(F)F)c1. The molecule has 0 saturated carbocycles. The Morgan fingerprint density at radius 1 is 1.24 bits per heavy atom. The second kappa shape index (κ2) is 7.29. The maximum Gasteiger partial charge on any atom is 0.416 e. The summed E-state index contributed by atoms with van der Waals surface area (Å²) >= 11 is 3.33. The molecule has 1 fully saturated rings. The fourth-order valence-corrected chi connectivity index (χ4v) is 3.15. The lowest BCUT2D eigenvalue weighted by Gasteiger charge is -2.19. The van der Waals surface area contributed by atoms with Gasteiger partial charge in [-0.25, -0.2) is 9.37 Å². The highest BCUT2D eigenvalue weighted by Gasteiger charge is 2.34. The number of rotatable bonds is 4. The highest BCUT2D eigenvalue weighted by Crippen LogP contribution is 2.32. The lowest BCUT2D eigenvalue weighted by molar-refractivity contribution is -0.138. The minimum Gasteiger partial charge on any atom is -0.355 e. The van der Waals surface area contributed by atoms with Gasteiger partial charge in [0.05, 0.1) is 5.56 Å². The number of halogens is 5. The third kappa shape index (κ3) is 4.49. The first-order valence-corrected chi connectivity index (χ1v) is 8.58. The second-order valence-electron chi connectivity index (χ2n) is 5.95. The van der Waals surface area contributed by atoms with E-state index in [9.17, 15) is 17.6 Å². The zero-order valence-electron chi connectivity index (χ0n) is 13.2. The van der Waals surface area contributed by atoms with Gasteiger partial charge in [0.2, 0.25) is 0 Å². The molecule has 0 amide bonds. The summed E-state index contributed by atoms with van der Waals surface area (Å²) in [7, 11) is 0. The first kappa shape index (κ1) is 18.1. The quantitative estimate of drug-likeness (QED) is 0.748. The molecule has 1 saturated heterocycles. The third-order valence-electron chi connectivity index (χ3n) is 4.18. The van der Waals surface area contributed by atoms with E-state index >= 15 is 0 Å². The zero-order chi connectivity index (χ0) is 18.0. The van der Waals surface area contributed by atoms with Crippen LogP contribution in [0.4, 0.5) is 23.4 Å². The van der Waals surface area contributed by atoms with E-state index in [1.807, 2.05) is 12.1 Å². The van der Waals surface area contributed by atoms with Gasteiger partial charge in [0.25, 0.3) is 0 Å². The molecule has 2 aromatic rings. The van der Waals surface area contributed by atoms with Gasteiger partial charge in [-0.2, -0.15) is 13.2 Å². The van der Waals surface area contributed by atoms with Crippen LogP contribution in [0, 0.1) is 5.82 Å². The Balaban J connectivity index is 1.63. The molecule has 25 heavy (non-hydrogen) atoms. The number of hydrogen-bond donors (Lipinski definition) is 1. The molecule has 1 aromatic carbocycles. The monoisotopic (exact) mass is 417 g/mol. The molecule has 1 aromatic heterocycles. The molecule has 0 aliphatic carbocycles. The summed E-state index contributed by atoms with van der Waals surface area (Å²) in [6.07, 6.45) is -2.05. The molecule has 3 rings (SSSR count). The minimum absolute atomic E-state index is 0.0431. The summed E-state index contributed by atoms with van der Waals surface area (Å²) in [6, 6.07) is 6.64. The predicted molar refractivity (Wildman–Crippen MR) is 90.8 cm³/mol. The van der Waals surface area contributed by atoms with Crippen LogP contribution in [0.15, 0.2) is 41.0 Å². The molecule has 3 nitrogen and oxygen atoms in total. The van der Waals surface area contributed by atoms with Crippen LogP contribution in [0.1, 0.15) is 17.5 Å². The van der Waals surface area contributed by atoms with Gasteiger partial charge in [0, 0.05) is 36.3 Å². The highest BCUT2D eigenvalue weighted by molar-refractivity contribution is 9.10. The maximum absolute atomic E-state index is 13.1. The molecule has 1 aliphatic heterocycles. The Morgan fingerprint density at radius 3 is 2.72 bits per heavy atom. The Labute approximate surface area is 151 Å². The fraction of sp³-hybridized carbons (Fsp3) is 0.353. The summed E-state index contributed by atoms with van der Waals surface area (Å²) in [5, 5.41) is 3.14. The molecule has 1 N–H and O–H groups in total. The summed E-state index contributed by atoms with van der Waals surface area (Å²) in [5.41, 5.74) is -0.876. The average molecular weight is 418 g/mol. The van der Waals surface area contributed by atoms with E-state index in [2.05, 4.69) is 31.1 Å². The van der Waals surface area contributed by atoms with Crippen molar-refractivity contribution < 1.29 is 17.6 Å². The lowest BCUT2D eigenvalue weighted by atomic mass is 10.1. The normalized spacial score (nSPS) is 18.0. The van der Waals surface area contributed by atoms with Gasteiger partial charge in [-0.3, -0.25) is 0 Å². The van der Waals surface area contributed by atoms with E-state index in [1.165, 1.54) is 6.07 Å². The number of nitrogens with zero attached hydrogens (tertiary/aromatic N) is 2. The number of nitrogens with one attached hydrogen (secondary N) is 1. The Hall–Kier alpha value is -1.67. The Morgan fingerprint density at radius 2 is 2.04 bits per heavy atom. The number of alkyl halides is 3. The van der Waals surface area contributed by atoms with Crippen LogP contribution in [-0.4, -0.2) is 24.1 Å². The van der Waals surface area contributed by atoms with E-state index in [4.69, 9.17) is 0 Å². The predicted octanol–water partition coefficient (Wildman–Crippen LogP) is 4.37. The van der Waals surface area contributed by atoms with Crippen LogP contribution in [0.2, 0.25) is 0 Å². The van der Waals surface area contributed by atoms with Crippen LogP contribution in [0.5, 0.6) is 0 Å². The molecule has 1 aliphatic rings. The highest BCUT2D eigenvalue weighted by atomic mass is 79.9. The molecule has 2 heterocycles. The van der Waals surface area contributed by atoms with Gasteiger partial charge >= 0.3 is 6.18 Å². The topological polar surface area (TPSA) is 28.2 Å². The van der Waals surface area contributed by atoms with Crippen molar-refractivity contribution in [2.45, 2.75) is 25.2 Å². The van der Waals surface area contributed by atoms with E-state index in [-0.39, 0.29) is 18.2 Å². The van der Waals surface area contributed by atoms with Gasteiger partial charge in [-0.05, 0) is 52.2 Å². The molecule has 134 valence electrons. The number of benzene rings is 1. The van der Waals surface area contributed by atoms with E-state index in [0.717, 1.165) is 29.3 Å². The molecule has 0 radical (unpaired) electrons. The van der Waals surface area contributed by atoms with Gasteiger partial charge in [-0.1, -0.05) is 6.07 Å². The van der Waals surface area contributed by atoms with Gasteiger partial charge in [-0.15, -0.1) is 0 Å². The fourth-order valence-electron chi connectivity index (χ4n) is 2.91. The standard InChI is InChI=1S/C17H16BrF4N3/c18-12-2-4-16(24-9-12)25-6-5-14(10-25)23-8-11-1-3-13(19)7-15(11)17(20,21)22/h1-4,7,9,14,23H,5-6,8,10H2/t14-/m0/s1. The van der Waals surface area contributed by atoms with Crippen molar-refractivity contribution in [1.82, 2.24) is 10.3 Å². The van der Waals surface area contributed by atoms with Crippen molar-refractivity contribution in [1.29, 1.82) is 0 Å². The summed E-state index contributed by atoms with van der Waals surface area (Å²) < 4.78 is 53.1. The Bertz CT molecular complexity index is 734. The molecular weight excluding hydrogens is 402 g/mol. The van der Waals surface area contributed by atoms with Crippen LogP contribution in [0.3, 0.4) is 0 Å². The van der Waals surface area contributed by atoms with Crippen molar-refractivity contribution in [2.75, 3.05) is 18.0 Å². The van der Waals surface area contributed by atoms with Gasteiger partial charge in [0.1, 0.15) is 11.6 Å². The maximum atomic E-state index is 13.1. The number of aromatic nitrogens is 1. The van der Waals surface area contributed by atoms with E-state index in [1.54, 1.807) is 6.20 Å². The zero-order valence-corrected chi connectivity index (χ0v) is 14.7. The second-order valence-corrected chi connectivity index (χ2v) is 6.86. The summed E-state index contributed by atoms with van der Waals surface area (Å²) in [6.45, 7) is 1.49. The average Bonchev–Trinajstić information content (AvgIpc) is 3.02. The van der Waals surface area contributed by atoms with Crippen LogP contribution < -0.4 is 10.2 Å². The van der Waals surface area contributed by atoms with Crippen LogP contribution >= 0.6 is 15.9 Å². The molecule has 0 spiro atoms. The van der Waals surface area contributed by atoms with Crippen molar-refractivity contribution in [3.8, 4) is 0 Å². The first-order chi connectivity index (χ1) is 11.8. The largest absolute Gasteiger partial charge is 0.416 e. The number of hydrogen-bond acceptors (Lipinski definition) is 3. The van der Waals surface area contributed by atoms with Crippen molar-refractivity contribution >= 4 is 21.7 Å². The number of anilines is 1. The summed E-state index contributed by atoms with van der Waals surface area (Å²) in [5.74, 6) is -0.0466. The molecule has 0 unspecified atom stereocenters. The van der Waals surface area contributed by atoms with E-state index in [0.29, 0.717) is 12.6 Å². The lowest BCUT2D eigenvalue weighted by Crippen LogP contribution is -2.33. The van der Waals surface area contributed by atoms with Gasteiger partial charge in [0.15, 0.2) is 0 Å². The molecule has 1 atom stereocenters. The third-order valence-corrected chi connectivity index (χ3v) is 4.65. The molecule has 0 bridgehead atoms. The van der Waals surface area contributed by atoms with Crippen molar-refractivity contribution in [3.05, 3.63) is 57.9 Å². The minimum atomic E-state index is -4.57. The van der Waals surface area contributed by atoms with E-state index < -0.39 is 17.6 Å². The number of pyridine rings is 1.